The minimum Gasteiger partial charge on any atom is -0.350 e. The highest BCUT2D eigenvalue weighted by atomic mass is 32.2. The third-order valence-electron chi connectivity index (χ3n) is 5.78. The van der Waals surface area contributed by atoms with E-state index in [1.807, 2.05) is 82.3 Å². The lowest BCUT2D eigenvalue weighted by molar-refractivity contribution is -0.140. The summed E-state index contributed by atoms with van der Waals surface area (Å²) in [6.45, 7) is 8.18. The van der Waals surface area contributed by atoms with Crippen molar-refractivity contribution in [3.8, 4) is 0 Å². The van der Waals surface area contributed by atoms with Gasteiger partial charge in [0.1, 0.15) is 11.9 Å². The highest BCUT2D eigenvalue weighted by Crippen LogP contribution is 2.20. The number of nitrogens with zero attached hydrogens (tertiary/aromatic N) is 1. The van der Waals surface area contributed by atoms with Gasteiger partial charge >= 0.3 is 0 Å². The standard InChI is InChI=1S/C30H35FN2O2S/c1-22-10-8-9-13-25(22)19-33(28(34)21-36-20-24-14-16-26(31)17-15-24)27(29(35)32-30(2,3)4)18-23-11-6-5-7-12-23/h5-17,27H,18-21H2,1-4H3,(H,32,35). The molecule has 0 spiro atoms. The van der Waals surface area contributed by atoms with Crippen molar-refractivity contribution in [2.45, 2.75) is 58.0 Å². The molecule has 1 atom stereocenters. The Bertz CT molecular complexity index is 1140. The molecule has 1 N–H and O–H groups in total. The van der Waals surface area contributed by atoms with E-state index >= 15 is 0 Å². The number of carbonyl (C=O) groups is 2. The fraction of sp³-hybridized carbons (Fsp3) is 0.333. The van der Waals surface area contributed by atoms with E-state index in [4.69, 9.17) is 0 Å². The van der Waals surface area contributed by atoms with E-state index in [0.29, 0.717) is 18.7 Å². The van der Waals surface area contributed by atoms with Gasteiger partial charge in [-0.25, -0.2) is 4.39 Å². The molecule has 4 nitrogen and oxygen atoms in total. The van der Waals surface area contributed by atoms with Crippen molar-refractivity contribution in [1.82, 2.24) is 10.2 Å². The van der Waals surface area contributed by atoms with Gasteiger partial charge < -0.3 is 10.2 Å². The van der Waals surface area contributed by atoms with Crippen LogP contribution in [0.25, 0.3) is 0 Å². The Kier molecular flexibility index (Phi) is 9.71. The molecule has 3 aromatic rings. The molecule has 3 rings (SSSR count). The molecule has 0 heterocycles. The number of carbonyl (C=O) groups excluding carboxylic acids is 2. The van der Waals surface area contributed by atoms with Crippen molar-refractivity contribution in [2.75, 3.05) is 5.75 Å². The number of nitrogens with one attached hydrogen (secondary N) is 1. The summed E-state index contributed by atoms with van der Waals surface area (Å²) in [5.41, 5.74) is 3.60. The quantitative estimate of drug-likeness (QED) is 0.371. The second-order valence-electron chi connectivity index (χ2n) is 10.0. The number of hydrogen-bond acceptors (Lipinski definition) is 3. The Morgan fingerprint density at radius 2 is 1.56 bits per heavy atom. The van der Waals surface area contributed by atoms with Crippen molar-refractivity contribution in [3.05, 3.63) is 107 Å². The first-order valence-corrected chi connectivity index (χ1v) is 13.3. The van der Waals surface area contributed by atoms with E-state index in [0.717, 1.165) is 22.3 Å². The van der Waals surface area contributed by atoms with E-state index in [2.05, 4.69) is 5.32 Å². The summed E-state index contributed by atoms with van der Waals surface area (Å²) in [6, 6.07) is 23.4. The van der Waals surface area contributed by atoms with Crippen molar-refractivity contribution in [1.29, 1.82) is 0 Å². The summed E-state index contributed by atoms with van der Waals surface area (Å²) in [6.07, 6.45) is 0.420. The second-order valence-corrected chi connectivity index (χ2v) is 11.0. The van der Waals surface area contributed by atoms with E-state index in [-0.39, 0.29) is 23.4 Å². The van der Waals surface area contributed by atoms with E-state index in [9.17, 15) is 14.0 Å². The van der Waals surface area contributed by atoms with Crippen molar-refractivity contribution < 1.29 is 14.0 Å². The largest absolute Gasteiger partial charge is 0.350 e. The SMILES string of the molecule is Cc1ccccc1CN(C(=O)CSCc1ccc(F)cc1)C(Cc1ccccc1)C(=O)NC(C)(C)C. The van der Waals surface area contributed by atoms with Crippen molar-refractivity contribution in [3.63, 3.8) is 0 Å². The third kappa shape index (κ3) is 8.52. The molecule has 6 heteroatoms. The van der Waals surface area contributed by atoms with Crippen LogP contribution in [0.5, 0.6) is 0 Å². The number of hydrogen-bond donors (Lipinski definition) is 1. The minimum atomic E-state index is -0.662. The molecule has 0 aliphatic rings. The van der Waals surface area contributed by atoms with Crippen LogP contribution in [0.15, 0.2) is 78.9 Å². The van der Waals surface area contributed by atoms with Crippen LogP contribution < -0.4 is 5.32 Å². The normalized spacial score (nSPS) is 12.1. The van der Waals surface area contributed by atoms with E-state index < -0.39 is 11.6 Å². The predicted octanol–water partition coefficient (Wildman–Crippen LogP) is 5.92. The molecule has 3 aromatic carbocycles. The Hall–Kier alpha value is -3.12. The van der Waals surface area contributed by atoms with Crippen LogP contribution in [0.2, 0.25) is 0 Å². The molecule has 0 bridgehead atoms. The number of aryl methyl sites for hydroxylation is 1. The van der Waals surface area contributed by atoms with Gasteiger partial charge in [0, 0.05) is 24.3 Å². The fourth-order valence-electron chi connectivity index (χ4n) is 3.90. The molecule has 1 unspecified atom stereocenters. The Balaban J connectivity index is 1.87. The van der Waals surface area contributed by atoms with Gasteiger partial charge in [0.2, 0.25) is 11.8 Å². The topological polar surface area (TPSA) is 49.4 Å². The molecule has 0 aliphatic heterocycles. The monoisotopic (exact) mass is 506 g/mol. The molecule has 2 amide bonds. The van der Waals surface area contributed by atoms with Crippen molar-refractivity contribution >= 4 is 23.6 Å². The molecule has 0 aliphatic carbocycles. The zero-order valence-corrected chi connectivity index (χ0v) is 22.3. The molecule has 0 radical (unpaired) electrons. The molecule has 0 saturated carbocycles. The maximum Gasteiger partial charge on any atom is 0.243 e. The van der Waals surface area contributed by atoms with Gasteiger partial charge in [-0.05, 0) is 62.1 Å². The number of amides is 2. The molecule has 0 aromatic heterocycles. The second kappa shape index (κ2) is 12.7. The summed E-state index contributed by atoms with van der Waals surface area (Å²) in [5.74, 6) is 0.254. The van der Waals surface area contributed by atoms with Gasteiger partial charge in [-0.15, -0.1) is 11.8 Å². The Morgan fingerprint density at radius 3 is 2.19 bits per heavy atom. The van der Waals surface area contributed by atoms with E-state index in [1.165, 1.54) is 23.9 Å². The lowest BCUT2D eigenvalue weighted by Crippen LogP contribution is -2.54. The van der Waals surface area contributed by atoms with Crippen molar-refractivity contribution in [2.24, 2.45) is 0 Å². The van der Waals surface area contributed by atoms with Gasteiger partial charge in [-0.1, -0.05) is 66.7 Å². The fourth-order valence-corrected chi connectivity index (χ4v) is 4.77. The van der Waals surface area contributed by atoms with Gasteiger partial charge in [-0.3, -0.25) is 9.59 Å². The average Bonchev–Trinajstić information content (AvgIpc) is 2.83. The maximum absolute atomic E-state index is 13.7. The number of benzene rings is 3. The molecule has 0 saturated heterocycles. The van der Waals surface area contributed by atoms with Crippen LogP contribution in [0.4, 0.5) is 4.39 Å². The highest BCUT2D eigenvalue weighted by Gasteiger charge is 2.32. The zero-order valence-electron chi connectivity index (χ0n) is 21.5. The highest BCUT2D eigenvalue weighted by molar-refractivity contribution is 7.99. The van der Waals surface area contributed by atoms with Crippen LogP contribution in [0.1, 0.15) is 43.0 Å². The predicted molar refractivity (Wildman–Crippen MR) is 146 cm³/mol. The van der Waals surface area contributed by atoms with Crippen LogP contribution in [-0.4, -0.2) is 34.0 Å². The average molecular weight is 507 g/mol. The lowest BCUT2D eigenvalue weighted by atomic mass is 10.00. The van der Waals surface area contributed by atoms with Gasteiger partial charge in [-0.2, -0.15) is 0 Å². The first kappa shape index (κ1) is 27.5. The molecule has 0 fully saturated rings. The molecular weight excluding hydrogens is 471 g/mol. The summed E-state index contributed by atoms with van der Waals surface area (Å²) >= 11 is 1.47. The Morgan fingerprint density at radius 1 is 0.917 bits per heavy atom. The Labute approximate surface area is 218 Å². The minimum absolute atomic E-state index is 0.102. The maximum atomic E-state index is 13.7. The van der Waals surface area contributed by atoms with Crippen LogP contribution in [-0.2, 0) is 28.3 Å². The van der Waals surface area contributed by atoms with Gasteiger partial charge in [0.15, 0.2) is 0 Å². The first-order chi connectivity index (χ1) is 17.1. The number of halogens is 1. The molecule has 190 valence electrons. The van der Waals surface area contributed by atoms with Crippen LogP contribution in [0, 0.1) is 12.7 Å². The van der Waals surface area contributed by atoms with Crippen LogP contribution >= 0.6 is 11.8 Å². The lowest BCUT2D eigenvalue weighted by Gasteiger charge is -2.34. The number of rotatable bonds is 10. The summed E-state index contributed by atoms with van der Waals surface area (Å²) in [5, 5.41) is 3.09. The van der Waals surface area contributed by atoms with Gasteiger partial charge in [0.05, 0.1) is 5.75 Å². The van der Waals surface area contributed by atoms with Crippen LogP contribution in [0.3, 0.4) is 0 Å². The van der Waals surface area contributed by atoms with E-state index in [1.54, 1.807) is 17.0 Å². The molecular formula is C30H35FN2O2S. The molecule has 36 heavy (non-hydrogen) atoms. The smallest absolute Gasteiger partial charge is 0.243 e. The third-order valence-corrected chi connectivity index (χ3v) is 6.77. The summed E-state index contributed by atoms with van der Waals surface area (Å²) in [4.78, 5) is 29.0. The van der Waals surface area contributed by atoms with Gasteiger partial charge in [0.25, 0.3) is 0 Å². The summed E-state index contributed by atoms with van der Waals surface area (Å²) in [7, 11) is 0. The zero-order chi connectivity index (χ0) is 26.1. The summed E-state index contributed by atoms with van der Waals surface area (Å²) < 4.78 is 13.2. The number of thioether (sulfide) groups is 1. The first-order valence-electron chi connectivity index (χ1n) is 12.1.